The minimum absolute atomic E-state index is 0.113. The molecular weight excluding hydrogens is 300 g/mol. The van der Waals surface area contributed by atoms with Crippen molar-refractivity contribution in [2.75, 3.05) is 38.2 Å². The predicted molar refractivity (Wildman–Crippen MR) is 87.9 cm³/mol. The van der Waals surface area contributed by atoms with Crippen molar-refractivity contribution in [1.29, 1.82) is 0 Å². The Hall–Kier alpha value is -1.08. The highest BCUT2D eigenvalue weighted by Crippen LogP contribution is 2.12. The van der Waals surface area contributed by atoms with Crippen LogP contribution in [0.4, 0.5) is 0 Å². The highest BCUT2D eigenvalue weighted by molar-refractivity contribution is 7.99. The van der Waals surface area contributed by atoms with E-state index in [4.69, 9.17) is 4.52 Å². The van der Waals surface area contributed by atoms with Gasteiger partial charge in [0.2, 0.25) is 11.8 Å². The molecule has 0 atom stereocenters. The largest absolute Gasteiger partial charge is 0.339 e. The molecule has 0 aromatic carbocycles. The Bertz CT molecular complexity index is 472. The maximum Gasteiger partial charge on any atom is 0.232 e. The van der Waals surface area contributed by atoms with Crippen LogP contribution in [0.15, 0.2) is 4.52 Å². The standard InChI is InChI=1S/C15H26N4O2S/c1-12(2)15-16-13(17-21-15)10-18(3)14(20)11-22-9-8-19-6-4-5-7-19/h12H,4-11H2,1-3H3. The Morgan fingerprint density at radius 1 is 1.41 bits per heavy atom. The average Bonchev–Trinajstić information content (AvgIpc) is 3.14. The lowest BCUT2D eigenvalue weighted by molar-refractivity contribution is -0.127. The van der Waals surface area contributed by atoms with Crippen LogP contribution in [0.3, 0.4) is 0 Å². The summed E-state index contributed by atoms with van der Waals surface area (Å²) in [7, 11) is 1.79. The third-order valence-corrected chi connectivity index (χ3v) is 4.68. The molecule has 2 rings (SSSR count). The van der Waals surface area contributed by atoms with Gasteiger partial charge in [-0.05, 0) is 25.9 Å². The van der Waals surface area contributed by atoms with Crippen LogP contribution in [-0.4, -0.2) is 64.0 Å². The van der Waals surface area contributed by atoms with Gasteiger partial charge in [0.25, 0.3) is 0 Å². The van der Waals surface area contributed by atoms with Crippen LogP contribution in [0.1, 0.15) is 44.3 Å². The molecule has 1 saturated heterocycles. The SMILES string of the molecule is CC(C)c1nc(CN(C)C(=O)CSCCN2CCCC2)no1. The Kier molecular flexibility index (Phi) is 6.70. The van der Waals surface area contributed by atoms with E-state index < -0.39 is 0 Å². The number of amides is 1. The predicted octanol–water partition coefficient (Wildman–Crippen LogP) is 1.98. The van der Waals surface area contributed by atoms with Crippen LogP contribution in [0.25, 0.3) is 0 Å². The molecule has 2 heterocycles. The Labute approximate surface area is 136 Å². The number of aromatic nitrogens is 2. The summed E-state index contributed by atoms with van der Waals surface area (Å²) in [5.41, 5.74) is 0. The second-order valence-electron chi connectivity index (χ2n) is 6.05. The van der Waals surface area contributed by atoms with Gasteiger partial charge >= 0.3 is 0 Å². The molecule has 0 N–H and O–H groups in total. The lowest BCUT2D eigenvalue weighted by Gasteiger charge is -2.16. The van der Waals surface area contributed by atoms with Crippen LogP contribution in [0.2, 0.25) is 0 Å². The van der Waals surface area contributed by atoms with Crippen LogP contribution in [-0.2, 0) is 11.3 Å². The molecule has 0 unspecified atom stereocenters. The fourth-order valence-electron chi connectivity index (χ4n) is 2.34. The Balaban J connectivity index is 1.65. The molecule has 22 heavy (non-hydrogen) atoms. The Morgan fingerprint density at radius 2 is 2.14 bits per heavy atom. The number of nitrogens with zero attached hydrogens (tertiary/aromatic N) is 4. The molecule has 1 aliphatic rings. The fourth-order valence-corrected chi connectivity index (χ4v) is 3.26. The molecule has 0 saturated carbocycles. The van der Waals surface area contributed by atoms with E-state index in [1.807, 2.05) is 13.8 Å². The second-order valence-corrected chi connectivity index (χ2v) is 7.16. The molecular formula is C15H26N4O2S. The smallest absolute Gasteiger partial charge is 0.232 e. The number of thioether (sulfide) groups is 1. The van der Waals surface area contributed by atoms with Crippen molar-refractivity contribution in [3.63, 3.8) is 0 Å². The first-order valence-electron chi connectivity index (χ1n) is 7.93. The first kappa shape index (κ1) is 17.3. The van der Waals surface area contributed by atoms with Crippen LogP contribution < -0.4 is 0 Å². The minimum atomic E-state index is 0.113. The van der Waals surface area contributed by atoms with Gasteiger partial charge in [-0.3, -0.25) is 4.79 Å². The minimum Gasteiger partial charge on any atom is -0.339 e. The second kappa shape index (κ2) is 8.53. The van der Waals surface area contributed by atoms with E-state index in [9.17, 15) is 4.79 Å². The summed E-state index contributed by atoms with van der Waals surface area (Å²) in [6, 6.07) is 0. The normalized spacial score (nSPS) is 15.6. The summed E-state index contributed by atoms with van der Waals surface area (Å²) in [5, 5.41) is 3.92. The van der Waals surface area contributed by atoms with Crippen LogP contribution in [0.5, 0.6) is 0 Å². The molecule has 1 aromatic rings. The van der Waals surface area contributed by atoms with Gasteiger partial charge in [0.15, 0.2) is 5.82 Å². The number of rotatable bonds is 8. The van der Waals surface area contributed by atoms with Crippen molar-refractivity contribution < 1.29 is 9.32 Å². The van der Waals surface area contributed by atoms with Crippen molar-refractivity contribution in [2.24, 2.45) is 0 Å². The lowest BCUT2D eigenvalue weighted by atomic mass is 10.2. The molecule has 0 radical (unpaired) electrons. The quantitative estimate of drug-likeness (QED) is 0.681. The van der Waals surface area contributed by atoms with Gasteiger partial charge in [0.1, 0.15) is 0 Å². The molecule has 0 spiro atoms. The van der Waals surface area contributed by atoms with Crippen molar-refractivity contribution in [2.45, 2.75) is 39.2 Å². The van der Waals surface area contributed by atoms with E-state index in [0.29, 0.717) is 24.0 Å². The van der Waals surface area contributed by atoms with E-state index in [1.165, 1.54) is 25.9 Å². The summed E-state index contributed by atoms with van der Waals surface area (Å²) in [5.74, 6) is 3.04. The van der Waals surface area contributed by atoms with Crippen molar-refractivity contribution in [3.8, 4) is 0 Å². The summed E-state index contributed by atoms with van der Waals surface area (Å²) < 4.78 is 5.15. The van der Waals surface area contributed by atoms with E-state index in [2.05, 4.69) is 15.0 Å². The number of hydrogen-bond acceptors (Lipinski definition) is 6. The fraction of sp³-hybridized carbons (Fsp3) is 0.800. The van der Waals surface area contributed by atoms with Gasteiger partial charge in [-0.1, -0.05) is 19.0 Å². The van der Waals surface area contributed by atoms with E-state index in [1.54, 1.807) is 23.7 Å². The summed E-state index contributed by atoms with van der Waals surface area (Å²) >= 11 is 1.70. The molecule has 1 fully saturated rings. The highest BCUT2D eigenvalue weighted by Gasteiger charge is 2.15. The molecule has 0 aliphatic carbocycles. The third-order valence-electron chi connectivity index (χ3n) is 3.76. The monoisotopic (exact) mass is 326 g/mol. The average molecular weight is 326 g/mol. The van der Waals surface area contributed by atoms with Gasteiger partial charge in [0, 0.05) is 25.3 Å². The van der Waals surface area contributed by atoms with Crippen molar-refractivity contribution in [3.05, 3.63) is 11.7 Å². The van der Waals surface area contributed by atoms with Gasteiger partial charge in [-0.2, -0.15) is 16.7 Å². The summed E-state index contributed by atoms with van der Waals surface area (Å²) in [6.07, 6.45) is 2.63. The van der Waals surface area contributed by atoms with E-state index >= 15 is 0 Å². The Morgan fingerprint density at radius 3 is 2.77 bits per heavy atom. The van der Waals surface area contributed by atoms with Gasteiger partial charge < -0.3 is 14.3 Å². The zero-order valence-electron chi connectivity index (χ0n) is 13.7. The van der Waals surface area contributed by atoms with E-state index in [0.717, 1.165) is 12.3 Å². The molecule has 1 aliphatic heterocycles. The number of likely N-dealkylation sites (tertiary alicyclic amines) is 1. The topological polar surface area (TPSA) is 62.5 Å². The lowest BCUT2D eigenvalue weighted by Crippen LogP contribution is -2.29. The molecule has 7 heteroatoms. The zero-order chi connectivity index (χ0) is 15.9. The first-order valence-corrected chi connectivity index (χ1v) is 9.08. The van der Waals surface area contributed by atoms with Crippen LogP contribution in [0, 0.1) is 0 Å². The van der Waals surface area contributed by atoms with Crippen LogP contribution >= 0.6 is 11.8 Å². The number of carbonyl (C=O) groups excluding carboxylic acids is 1. The number of carbonyl (C=O) groups is 1. The van der Waals surface area contributed by atoms with E-state index in [-0.39, 0.29) is 11.8 Å². The summed E-state index contributed by atoms with van der Waals surface area (Å²) in [4.78, 5) is 20.5. The first-order chi connectivity index (χ1) is 10.6. The maximum atomic E-state index is 12.1. The van der Waals surface area contributed by atoms with Gasteiger partial charge in [-0.15, -0.1) is 0 Å². The summed E-state index contributed by atoms with van der Waals surface area (Å²) in [6.45, 7) is 7.92. The van der Waals surface area contributed by atoms with Crippen molar-refractivity contribution in [1.82, 2.24) is 19.9 Å². The molecule has 124 valence electrons. The third kappa shape index (κ3) is 5.28. The van der Waals surface area contributed by atoms with Crippen molar-refractivity contribution >= 4 is 17.7 Å². The molecule has 1 aromatic heterocycles. The zero-order valence-corrected chi connectivity index (χ0v) is 14.6. The number of hydrogen-bond donors (Lipinski definition) is 0. The maximum absolute atomic E-state index is 12.1. The molecule has 0 bridgehead atoms. The van der Waals surface area contributed by atoms with Gasteiger partial charge in [0.05, 0.1) is 12.3 Å². The van der Waals surface area contributed by atoms with Gasteiger partial charge in [-0.25, -0.2) is 0 Å². The highest BCUT2D eigenvalue weighted by atomic mass is 32.2. The molecule has 6 nitrogen and oxygen atoms in total. The molecule has 1 amide bonds.